The lowest BCUT2D eigenvalue weighted by Crippen LogP contribution is -2.29. The summed E-state index contributed by atoms with van der Waals surface area (Å²) >= 11 is 0. The minimum Gasteiger partial charge on any atom is -0.352 e. The summed E-state index contributed by atoms with van der Waals surface area (Å²) in [5, 5.41) is 7.04. The maximum absolute atomic E-state index is 12.1. The molecule has 0 radical (unpaired) electrons. The number of nitrogens with one attached hydrogen (secondary N) is 1. The smallest absolute Gasteiger partial charge is 0.251 e. The van der Waals surface area contributed by atoms with Crippen LogP contribution in [0.4, 0.5) is 0 Å². The van der Waals surface area contributed by atoms with Gasteiger partial charge in [-0.2, -0.15) is 5.10 Å². The van der Waals surface area contributed by atoms with E-state index in [1.807, 2.05) is 25.3 Å². The number of hydrogen-bond acceptors (Lipinski definition) is 4. The van der Waals surface area contributed by atoms with Crippen molar-refractivity contribution in [2.75, 3.05) is 18.1 Å². The van der Waals surface area contributed by atoms with Crippen LogP contribution in [-0.4, -0.2) is 42.2 Å². The number of benzene rings is 1. The van der Waals surface area contributed by atoms with Crippen LogP contribution in [0.5, 0.6) is 0 Å². The number of sulfone groups is 1. The Labute approximate surface area is 135 Å². The molecule has 0 spiro atoms. The van der Waals surface area contributed by atoms with Crippen LogP contribution in [0.2, 0.25) is 0 Å². The van der Waals surface area contributed by atoms with Crippen molar-refractivity contribution in [3.8, 4) is 5.69 Å². The first-order valence-electron chi connectivity index (χ1n) is 7.53. The van der Waals surface area contributed by atoms with E-state index in [0.29, 0.717) is 18.5 Å². The Balaban J connectivity index is 1.60. The normalized spacial score (nSPS) is 19.6. The van der Waals surface area contributed by atoms with Gasteiger partial charge >= 0.3 is 0 Å². The Bertz CT molecular complexity index is 809. The maximum atomic E-state index is 12.1. The molecule has 0 bridgehead atoms. The Morgan fingerprint density at radius 2 is 2.09 bits per heavy atom. The fourth-order valence-corrected chi connectivity index (χ4v) is 4.55. The molecule has 0 unspecified atom stereocenters. The summed E-state index contributed by atoms with van der Waals surface area (Å²) in [6, 6.07) is 7.16. The zero-order chi connectivity index (χ0) is 16.4. The molecule has 1 aliphatic heterocycles. The van der Waals surface area contributed by atoms with E-state index in [0.717, 1.165) is 11.3 Å². The molecule has 1 atom stereocenters. The van der Waals surface area contributed by atoms with Crippen LogP contribution >= 0.6 is 0 Å². The molecule has 1 aromatic carbocycles. The van der Waals surface area contributed by atoms with Crippen LogP contribution in [-0.2, 0) is 9.84 Å². The summed E-state index contributed by atoms with van der Waals surface area (Å²) in [4.78, 5) is 12.1. The van der Waals surface area contributed by atoms with Crippen molar-refractivity contribution in [2.45, 2.75) is 13.3 Å². The second-order valence-corrected chi connectivity index (χ2v) is 8.22. The highest BCUT2D eigenvalue weighted by molar-refractivity contribution is 7.91. The summed E-state index contributed by atoms with van der Waals surface area (Å²) in [6.45, 7) is 2.37. The van der Waals surface area contributed by atoms with Gasteiger partial charge in [0.05, 0.1) is 23.4 Å². The Morgan fingerprint density at radius 3 is 2.65 bits per heavy atom. The van der Waals surface area contributed by atoms with Crippen molar-refractivity contribution in [3.05, 3.63) is 47.8 Å². The minimum absolute atomic E-state index is 0.0234. The second-order valence-electron chi connectivity index (χ2n) is 5.99. The third kappa shape index (κ3) is 3.79. The molecular formula is C16H19N3O3S. The van der Waals surface area contributed by atoms with Gasteiger partial charge in [0.15, 0.2) is 9.84 Å². The molecule has 1 amide bonds. The first-order valence-corrected chi connectivity index (χ1v) is 9.35. The Hall–Kier alpha value is -2.15. The highest BCUT2D eigenvalue weighted by Gasteiger charge is 2.27. The van der Waals surface area contributed by atoms with Crippen molar-refractivity contribution in [3.63, 3.8) is 0 Å². The monoisotopic (exact) mass is 333 g/mol. The predicted molar refractivity (Wildman–Crippen MR) is 87.4 cm³/mol. The molecule has 2 heterocycles. The zero-order valence-electron chi connectivity index (χ0n) is 12.9. The number of carbonyl (C=O) groups is 1. The average molecular weight is 333 g/mol. The summed E-state index contributed by atoms with van der Waals surface area (Å²) in [7, 11) is -2.90. The molecule has 7 heteroatoms. The average Bonchev–Trinajstić information content (AvgIpc) is 3.10. The molecule has 3 rings (SSSR count). The van der Waals surface area contributed by atoms with Gasteiger partial charge in [-0.25, -0.2) is 13.1 Å². The highest BCUT2D eigenvalue weighted by atomic mass is 32.2. The number of amides is 1. The lowest BCUT2D eigenvalue weighted by Gasteiger charge is -2.10. The van der Waals surface area contributed by atoms with E-state index in [1.54, 1.807) is 23.0 Å². The van der Waals surface area contributed by atoms with Crippen molar-refractivity contribution in [1.29, 1.82) is 0 Å². The lowest BCUT2D eigenvalue weighted by atomic mass is 10.1. The predicted octanol–water partition coefficient (Wildman–Crippen LogP) is 1.35. The van der Waals surface area contributed by atoms with E-state index >= 15 is 0 Å². The van der Waals surface area contributed by atoms with Gasteiger partial charge in [0.25, 0.3) is 5.91 Å². The summed E-state index contributed by atoms with van der Waals surface area (Å²) in [6.07, 6.45) is 4.31. The van der Waals surface area contributed by atoms with Gasteiger partial charge in [0, 0.05) is 18.3 Å². The Morgan fingerprint density at radius 1 is 1.35 bits per heavy atom. The van der Waals surface area contributed by atoms with Gasteiger partial charge in [-0.3, -0.25) is 4.79 Å². The van der Waals surface area contributed by atoms with Gasteiger partial charge in [0.1, 0.15) is 0 Å². The first kappa shape index (κ1) is 15.7. The van der Waals surface area contributed by atoms with E-state index in [-0.39, 0.29) is 23.3 Å². The quantitative estimate of drug-likeness (QED) is 0.916. The van der Waals surface area contributed by atoms with Crippen molar-refractivity contribution >= 4 is 15.7 Å². The lowest BCUT2D eigenvalue weighted by molar-refractivity contribution is 0.0948. The van der Waals surface area contributed by atoms with Crippen LogP contribution in [0, 0.1) is 12.8 Å². The van der Waals surface area contributed by atoms with Gasteiger partial charge in [0.2, 0.25) is 0 Å². The van der Waals surface area contributed by atoms with E-state index in [2.05, 4.69) is 10.4 Å². The van der Waals surface area contributed by atoms with Crippen molar-refractivity contribution < 1.29 is 13.2 Å². The first-order chi connectivity index (χ1) is 10.9. The van der Waals surface area contributed by atoms with Crippen molar-refractivity contribution in [2.24, 2.45) is 5.92 Å². The van der Waals surface area contributed by atoms with Gasteiger partial charge in [-0.05, 0) is 49.1 Å². The number of aryl methyl sites for hydroxylation is 1. The molecule has 0 aliphatic carbocycles. The molecule has 122 valence electrons. The van der Waals surface area contributed by atoms with Crippen LogP contribution in [0.25, 0.3) is 5.69 Å². The molecular weight excluding hydrogens is 314 g/mol. The van der Waals surface area contributed by atoms with E-state index in [9.17, 15) is 13.2 Å². The third-order valence-electron chi connectivity index (χ3n) is 3.98. The fraction of sp³-hybridized carbons (Fsp3) is 0.375. The standard InChI is InChI=1S/C16H19N3O3S/c1-12-8-18-19(10-12)15-4-2-14(3-5-15)16(20)17-9-13-6-7-23(21,22)11-13/h2-5,8,10,13H,6-7,9,11H2,1H3,(H,17,20)/t13-/m1/s1. The summed E-state index contributed by atoms with van der Waals surface area (Å²) in [5.41, 5.74) is 2.51. The molecule has 1 aliphatic rings. The molecule has 23 heavy (non-hydrogen) atoms. The number of nitrogens with zero attached hydrogens (tertiary/aromatic N) is 2. The minimum atomic E-state index is -2.90. The fourth-order valence-electron chi connectivity index (χ4n) is 2.69. The second kappa shape index (κ2) is 6.16. The van der Waals surface area contributed by atoms with Crippen LogP contribution in [0.3, 0.4) is 0 Å². The van der Waals surface area contributed by atoms with Crippen molar-refractivity contribution in [1.82, 2.24) is 15.1 Å². The van der Waals surface area contributed by atoms with Crippen LogP contribution in [0.1, 0.15) is 22.3 Å². The summed E-state index contributed by atoms with van der Waals surface area (Å²) < 4.78 is 24.6. The topological polar surface area (TPSA) is 81.1 Å². The molecule has 1 saturated heterocycles. The van der Waals surface area contributed by atoms with Gasteiger partial charge in [-0.15, -0.1) is 0 Å². The van der Waals surface area contributed by atoms with Crippen LogP contribution in [0.15, 0.2) is 36.7 Å². The molecule has 6 nitrogen and oxygen atoms in total. The maximum Gasteiger partial charge on any atom is 0.251 e. The SMILES string of the molecule is Cc1cnn(-c2ccc(C(=O)NC[C@H]3CCS(=O)(=O)C3)cc2)c1. The number of carbonyl (C=O) groups excluding carboxylic acids is 1. The molecule has 1 fully saturated rings. The molecule has 1 N–H and O–H groups in total. The molecule has 1 aromatic heterocycles. The van der Waals surface area contributed by atoms with E-state index in [1.165, 1.54) is 0 Å². The summed E-state index contributed by atoms with van der Waals surface area (Å²) in [5.74, 6) is 0.240. The largest absolute Gasteiger partial charge is 0.352 e. The number of aromatic nitrogens is 2. The van der Waals surface area contributed by atoms with Gasteiger partial charge in [-0.1, -0.05) is 0 Å². The zero-order valence-corrected chi connectivity index (χ0v) is 13.7. The highest BCUT2D eigenvalue weighted by Crippen LogP contribution is 2.17. The van der Waals surface area contributed by atoms with E-state index in [4.69, 9.17) is 0 Å². The van der Waals surface area contributed by atoms with Crippen LogP contribution < -0.4 is 5.32 Å². The molecule has 2 aromatic rings. The molecule has 0 saturated carbocycles. The van der Waals surface area contributed by atoms with Gasteiger partial charge < -0.3 is 5.32 Å². The number of rotatable bonds is 4. The third-order valence-corrected chi connectivity index (χ3v) is 5.82. The number of hydrogen-bond donors (Lipinski definition) is 1. The Kier molecular flexibility index (Phi) is 4.21. The van der Waals surface area contributed by atoms with E-state index < -0.39 is 9.84 Å².